The van der Waals surface area contributed by atoms with Crippen LogP contribution in [0.2, 0.25) is 0 Å². The first-order valence-electron chi connectivity index (χ1n) is 15.8. The van der Waals surface area contributed by atoms with Gasteiger partial charge in [-0.15, -0.1) is 0 Å². The fraction of sp³-hybridized carbons (Fsp3) is 0.618. The Hall–Kier alpha value is -2.71. The number of cyclic esters (lactones) is 1. The zero-order valence-corrected chi connectivity index (χ0v) is 31.3. The van der Waals surface area contributed by atoms with Gasteiger partial charge in [0.2, 0.25) is 0 Å². The van der Waals surface area contributed by atoms with Crippen LogP contribution in [-0.4, -0.2) is 114 Å². The topological polar surface area (TPSA) is 152 Å². The van der Waals surface area contributed by atoms with Crippen molar-refractivity contribution in [2.75, 3.05) is 46.0 Å². The van der Waals surface area contributed by atoms with Gasteiger partial charge in [-0.2, -0.15) is 0 Å². The molecule has 14 heteroatoms. The molecule has 3 aliphatic rings. The van der Waals surface area contributed by atoms with Crippen LogP contribution in [0.1, 0.15) is 67.2 Å². The fourth-order valence-electron chi connectivity index (χ4n) is 6.44. The number of hydrogen-bond donors (Lipinski definition) is 2. The average Bonchev–Trinajstić information content (AvgIpc) is 3.36. The maximum atomic E-state index is 12.4. The maximum Gasteiger partial charge on any atom is 1.00 e. The number of esters is 1. The van der Waals surface area contributed by atoms with E-state index >= 15 is 0 Å². The van der Waals surface area contributed by atoms with Gasteiger partial charge in [-0.25, -0.2) is 9.59 Å². The van der Waals surface area contributed by atoms with Crippen molar-refractivity contribution in [1.29, 1.82) is 0 Å². The summed E-state index contributed by atoms with van der Waals surface area (Å²) in [6.45, 7) is 12.8. The molecule has 5 rings (SSSR count). The predicted octanol–water partition coefficient (Wildman–Crippen LogP) is 0.430. The van der Waals surface area contributed by atoms with Gasteiger partial charge in [0, 0.05) is 76.5 Å². The smallest absolute Gasteiger partial charge is 1.00 e. The minimum Gasteiger partial charge on any atom is -1.00 e. The van der Waals surface area contributed by atoms with E-state index in [0.29, 0.717) is 45.6 Å². The van der Waals surface area contributed by atoms with Gasteiger partial charge in [0.15, 0.2) is 0 Å². The maximum absolute atomic E-state index is 12.4. The fourth-order valence-corrected chi connectivity index (χ4v) is 6.44. The number of amides is 2. The molecule has 12 nitrogen and oxygen atoms in total. The molecule has 2 amide bonds. The number of rotatable bonds is 4. The van der Waals surface area contributed by atoms with Crippen molar-refractivity contribution < 1.29 is 69.8 Å². The molecule has 3 saturated heterocycles. The molecule has 3 fully saturated rings. The number of carbonyl (C=O) groups excluding carboxylic acids is 3. The van der Waals surface area contributed by atoms with E-state index in [1.54, 1.807) is 22.2 Å². The third-order valence-electron chi connectivity index (χ3n) is 8.85. The molecule has 0 aromatic carbocycles. The van der Waals surface area contributed by atoms with Crippen LogP contribution in [0.25, 0.3) is 0 Å². The van der Waals surface area contributed by atoms with Crippen molar-refractivity contribution in [3.8, 4) is 0 Å². The van der Waals surface area contributed by atoms with Gasteiger partial charge in [0.1, 0.15) is 16.6 Å². The van der Waals surface area contributed by atoms with E-state index in [2.05, 4.69) is 9.97 Å². The van der Waals surface area contributed by atoms with E-state index in [9.17, 15) is 24.6 Å². The van der Waals surface area contributed by atoms with Crippen LogP contribution < -0.4 is 29.6 Å². The van der Waals surface area contributed by atoms with Crippen molar-refractivity contribution in [2.24, 2.45) is 11.8 Å². The van der Waals surface area contributed by atoms with Crippen LogP contribution >= 0.6 is 0 Å². The molecule has 2 aromatic heterocycles. The van der Waals surface area contributed by atoms with Crippen molar-refractivity contribution in [1.82, 2.24) is 19.8 Å². The SMILES string of the molecule is CC(C)(C)OC(=O)N1CCC(CO)(c2ccccn2)C(CO)C1.CC(C)(C)OC(=O)N1CCC2(c3ccccn3)C(=O)OCC2C1.[B].[H-].[Na+]. The molecule has 0 saturated carbocycles. The summed E-state index contributed by atoms with van der Waals surface area (Å²) in [4.78, 5) is 49.0. The predicted molar refractivity (Wildman–Crippen MR) is 176 cm³/mol. The summed E-state index contributed by atoms with van der Waals surface area (Å²) in [7, 11) is 0. The summed E-state index contributed by atoms with van der Waals surface area (Å²) < 4.78 is 16.2. The Morgan fingerprint density at radius 1 is 0.896 bits per heavy atom. The summed E-state index contributed by atoms with van der Waals surface area (Å²) in [6.07, 6.45) is 3.68. The second-order valence-corrected chi connectivity index (χ2v) is 14.2. The number of aromatic nitrogens is 2. The van der Waals surface area contributed by atoms with Crippen LogP contribution in [0, 0.1) is 11.8 Å². The number of hydrogen-bond acceptors (Lipinski definition) is 10. The van der Waals surface area contributed by atoms with E-state index in [1.165, 1.54) is 0 Å². The summed E-state index contributed by atoms with van der Waals surface area (Å²) in [5.74, 6) is -0.611. The van der Waals surface area contributed by atoms with E-state index < -0.39 is 22.0 Å². The number of nitrogens with zero attached hydrogens (tertiary/aromatic N) is 4. The molecular weight excluding hydrogens is 626 g/mol. The van der Waals surface area contributed by atoms with Crippen molar-refractivity contribution >= 4 is 26.6 Å². The third-order valence-corrected chi connectivity index (χ3v) is 8.85. The van der Waals surface area contributed by atoms with Gasteiger partial charge in [-0.1, -0.05) is 12.1 Å². The number of ether oxygens (including phenoxy) is 3. The molecule has 4 unspecified atom stereocenters. The van der Waals surface area contributed by atoms with E-state index in [0.717, 1.165) is 11.4 Å². The third kappa shape index (κ3) is 9.29. The van der Waals surface area contributed by atoms with Crippen molar-refractivity contribution in [3.63, 3.8) is 0 Å². The van der Waals surface area contributed by atoms with Crippen LogP contribution in [0.5, 0.6) is 0 Å². The number of carbonyl (C=O) groups is 3. The quantitative estimate of drug-likeness (QED) is 0.265. The Balaban J connectivity index is 0.000000462. The zero-order valence-electron chi connectivity index (χ0n) is 30.3. The molecule has 0 aliphatic carbocycles. The summed E-state index contributed by atoms with van der Waals surface area (Å²) in [6, 6.07) is 11.1. The number of aliphatic hydroxyl groups excluding tert-OH is 2. The summed E-state index contributed by atoms with van der Waals surface area (Å²) in [5.41, 5.74) is -0.969. The van der Waals surface area contributed by atoms with Crippen LogP contribution in [0.3, 0.4) is 0 Å². The van der Waals surface area contributed by atoms with E-state index in [4.69, 9.17) is 14.2 Å². The number of piperidine rings is 2. The van der Waals surface area contributed by atoms with Gasteiger partial charge >= 0.3 is 47.7 Å². The van der Waals surface area contributed by atoms with Gasteiger partial charge in [-0.3, -0.25) is 14.8 Å². The van der Waals surface area contributed by atoms with Crippen LogP contribution in [0.15, 0.2) is 48.8 Å². The Morgan fingerprint density at radius 3 is 1.90 bits per heavy atom. The first-order chi connectivity index (χ1) is 21.6. The van der Waals surface area contributed by atoms with E-state index in [-0.39, 0.29) is 82.6 Å². The first kappa shape index (κ1) is 41.5. The van der Waals surface area contributed by atoms with Gasteiger partial charge in [-0.05, 0) is 78.6 Å². The molecule has 5 heterocycles. The molecule has 0 bridgehead atoms. The molecule has 257 valence electrons. The number of likely N-dealkylation sites (tertiary alicyclic amines) is 2. The largest absolute Gasteiger partial charge is 1.00 e. The van der Waals surface area contributed by atoms with Crippen molar-refractivity contribution in [2.45, 2.75) is 76.4 Å². The van der Waals surface area contributed by atoms with Crippen LogP contribution in [-0.2, 0) is 29.8 Å². The number of pyridine rings is 2. The Labute approximate surface area is 309 Å². The molecule has 2 N–H and O–H groups in total. The summed E-state index contributed by atoms with van der Waals surface area (Å²) in [5, 5.41) is 19.9. The molecular formula is C34H49BN4NaO8. The van der Waals surface area contributed by atoms with Crippen molar-refractivity contribution in [3.05, 3.63) is 60.2 Å². The number of aliphatic hydroxyl groups is 2. The van der Waals surface area contributed by atoms with Gasteiger partial charge in [0.05, 0.1) is 18.9 Å². The van der Waals surface area contributed by atoms with Gasteiger partial charge < -0.3 is 35.7 Å². The first-order valence-corrected chi connectivity index (χ1v) is 15.8. The van der Waals surface area contributed by atoms with Gasteiger partial charge in [0.25, 0.3) is 0 Å². The Bertz CT molecular complexity index is 1370. The second kappa shape index (κ2) is 16.8. The van der Waals surface area contributed by atoms with E-state index in [1.807, 2.05) is 77.9 Å². The molecule has 0 spiro atoms. The standard InChI is InChI=1S/C17H22N2O4.C17H26N2O4.B.Na.H/c1-16(2,3)23-15(21)19-9-7-17(13-6-4-5-8-18-13)12(10-19)11-22-14(17)20;1-16(2,3)23-15(22)19-9-7-17(12-21,13(10-19)11-20)14-6-4-5-8-18-14;;;/h4-6,8,12H,7,9-11H2,1-3H3;4-6,8,13,20-21H,7,9-12H2,1-3H3;;;/q;;;+1;-1. The minimum atomic E-state index is -0.736. The molecule has 3 aliphatic heterocycles. The second-order valence-electron chi connectivity index (χ2n) is 14.2. The Kier molecular flexibility index (Phi) is 14.5. The minimum absolute atomic E-state index is 0. The van der Waals surface area contributed by atoms with Crippen LogP contribution in [0.4, 0.5) is 9.59 Å². The summed E-state index contributed by atoms with van der Waals surface area (Å²) >= 11 is 0. The molecule has 4 atom stereocenters. The monoisotopic (exact) mass is 675 g/mol. The normalized spacial score (nSPS) is 25.2. The Morgan fingerprint density at radius 2 is 1.42 bits per heavy atom. The number of fused-ring (bicyclic) bond motifs is 1. The molecule has 3 radical (unpaired) electrons. The molecule has 2 aromatic rings. The zero-order chi connectivity index (χ0) is 33.8. The molecule has 48 heavy (non-hydrogen) atoms. The average molecular weight is 676 g/mol.